The maximum Gasteiger partial charge on any atom is 0.270 e. The number of benzene rings is 2. The van der Waals surface area contributed by atoms with Gasteiger partial charge in [-0.05, 0) is 36.5 Å². The average molecular weight is 365 g/mol. The predicted molar refractivity (Wildman–Crippen MR) is 103 cm³/mol. The standard InChI is InChI=1S/C21H23N3O3/c25-21(17-6-3-7-20(14-17)24(26)27)22-12-9-19(10-13-22)23-11-8-16-4-1-2-5-18(16)15-23/h1-7,14,19H,8-13,15H2. The van der Waals surface area contributed by atoms with Gasteiger partial charge in [-0.1, -0.05) is 30.3 Å². The first kappa shape index (κ1) is 17.7. The highest BCUT2D eigenvalue weighted by atomic mass is 16.6. The highest BCUT2D eigenvalue weighted by Crippen LogP contribution is 2.25. The van der Waals surface area contributed by atoms with Crippen molar-refractivity contribution in [1.29, 1.82) is 0 Å². The number of non-ortho nitro benzene ring substituents is 1. The Labute approximate surface area is 158 Å². The number of hydrogen-bond donors (Lipinski definition) is 0. The SMILES string of the molecule is O=C(c1cccc([N+](=O)[O-])c1)N1CCC(N2CCc3ccccc3C2)CC1. The third kappa shape index (κ3) is 3.71. The van der Waals surface area contributed by atoms with Gasteiger partial charge >= 0.3 is 0 Å². The van der Waals surface area contributed by atoms with Crippen molar-refractivity contribution in [3.05, 3.63) is 75.3 Å². The summed E-state index contributed by atoms with van der Waals surface area (Å²) in [6.07, 6.45) is 2.98. The van der Waals surface area contributed by atoms with Crippen LogP contribution in [0.15, 0.2) is 48.5 Å². The number of piperidine rings is 1. The van der Waals surface area contributed by atoms with E-state index in [9.17, 15) is 14.9 Å². The average Bonchev–Trinajstić information content (AvgIpc) is 2.73. The fraction of sp³-hybridized carbons (Fsp3) is 0.381. The van der Waals surface area contributed by atoms with E-state index in [0.29, 0.717) is 24.7 Å². The summed E-state index contributed by atoms with van der Waals surface area (Å²) in [5.74, 6) is -0.110. The molecule has 0 atom stereocenters. The molecule has 2 heterocycles. The van der Waals surface area contributed by atoms with E-state index in [1.807, 2.05) is 4.90 Å². The van der Waals surface area contributed by atoms with Crippen molar-refractivity contribution in [3.63, 3.8) is 0 Å². The Morgan fingerprint density at radius 1 is 1.00 bits per heavy atom. The van der Waals surface area contributed by atoms with Gasteiger partial charge in [-0.25, -0.2) is 0 Å². The smallest absolute Gasteiger partial charge is 0.270 e. The van der Waals surface area contributed by atoms with Crippen LogP contribution in [0.3, 0.4) is 0 Å². The van der Waals surface area contributed by atoms with Crippen LogP contribution in [-0.4, -0.2) is 46.3 Å². The van der Waals surface area contributed by atoms with Gasteiger partial charge in [0.05, 0.1) is 4.92 Å². The first-order valence-electron chi connectivity index (χ1n) is 9.46. The van der Waals surface area contributed by atoms with Gasteiger partial charge < -0.3 is 4.90 Å². The number of hydrogen-bond acceptors (Lipinski definition) is 4. The van der Waals surface area contributed by atoms with Gasteiger partial charge in [0.25, 0.3) is 11.6 Å². The molecule has 1 fully saturated rings. The number of nitro benzene ring substituents is 1. The largest absolute Gasteiger partial charge is 0.339 e. The number of likely N-dealkylation sites (tertiary alicyclic amines) is 1. The van der Waals surface area contributed by atoms with E-state index in [0.717, 1.165) is 32.4 Å². The summed E-state index contributed by atoms with van der Waals surface area (Å²) in [4.78, 5) is 27.5. The molecule has 0 radical (unpaired) electrons. The van der Waals surface area contributed by atoms with Crippen molar-refractivity contribution in [1.82, 2.24) is 9.80 Å². The number of amides is 1. The summed E-state index contributed by atoms with van der Waals surface area (Å²) in [5, 5.41) is 10.9. The third-order valence-corrected chi connectivity index (χ3v) is 5.73. The van der Waals surface area contributed by atoms with Crippen LogP contribution in [-0.2, 0) is 13.0 Å². The number of nitro groups is 1. The summed E-state index contributed by atoms with van der Waals surface area (Å²) in [6, 6.07) is 15.1. The fourth-order valence-electron chi connectivity index (χ4n) is 4.20. The number of fused-ring (bicyclic) bond motifs is 1. The Morgan fingerprint density at radius 2 is 1.74 bits per heavy atom. The van der Waals surface area contributed by atoms with Crippen molar-refractivity contribution in [2.75, 3.05) is 19.6 Å². The van der Waals surface area contributed by atoms with Crippen LogP contribution in [0.5, 0.6) is 0 Å². The second-order valence-electron chi connectivity index (χ2n) is 7.32. The van der Waals surface area contributed by atoms with E-state index in [-0.39, 0.29) is 11.6 Å². The van der Waals surface area contributed by atoms with Crippen LogP contribution >= 0.6 is 0 Å². The monoisotopic (exact) mass is 365 g/mol. The molecule has 6 heteroatoms. The Bertz CT molecular complexity index is 859. The van der Waals surface area contributed by atoms with Gasteiger partial charge in [-0.2, -0.15) is 0 Å². The lowest BCUT2D eigenvalue weighted by atomic mass is 9.95. The zero-order valence-corrected chi connectivity index (χ0v) is 15.2. The van der Waals surface area contributed by atoms with Gasteiger partial charge in [-0.15, -0.1) is 0 Å². The first-order chi connectivity index (χ1) is 13.1. The van der Waals surface area contributed by atoms with E-state index in [1.54, 1.807) is 12.1 Å². The molecule has 2 aliphatic heterocycles. The number of nitrogens with zero attached hydrogens (tertiary/aromatic N) is 3. The lowest BCUT2D eigenvalue weighted by Gasteiger charge is -2.40. The molecule has 0 bridgehead atoms. The van der Waals surface area contributed by atoms with Gasteiger partial charge in [0.1, 0.15) is 0 Å². The molecular weight excluding hydrogens is 342 g/mol. The van der Waals surface area contributed by atoms with Gasteiger partial charge in [-0.3, -0.25) is 19.8 Å². The lowest BCUT2D eigenvalue weighted by molar-refractivity contribution is -0.384. The maximum absolute atomic E-state index is 12.7. The maximum atomic E-state index is 12.7. The molecular formula is C21H23N3O3. The Kier molecular flexibility index (Phi) is 4.90. The van der Waals surface area contributed by atoms with Crippen LogP contribution in [0.1, 0.15) is 34.3 Å². The summed E-state index contributed by atoms with van der Waals surface area (Å²) >= 11 is 0. The van der Waals surface area contributed by atoms with Crippen LogP contribution in [0.25, 0.3) is 0 Å². The van der Waals surface area contributed by atoms with E-state index in [2.05, 4.69) is 29.2 Å². The molecule has 2 aromatic rings. The van der Waals surface area contributed by atoms with Gasteiger partial charge in [0.15, 0.2) is 0 Å². The minimum atomic E-state index is -0.461. The normalized spacial score (nSPS) is 18.1. The molecule has 1 amide bonds. The molecule has 0 aliphatic carbocycles. The molecule has 0 saturated carbocycles. The van der Waals surface area contributed by atoms with Crippen molar-refractivity contribution in [3.8, 4) is 0 Å². The molecule has 2 aliphatic rings. The summed E-state index contributed by atoms with van der Waals surface area (Å²) < 4.78 is 0. The summed E-state index contributed by atoms with van der Waals surface area (Å²) in [7, 11) is 0. The topological polar surface area (TPSA) is 66.7 Å². The minimum Gasteiger partial charge on any atom is -0.339 e. The van der Waals surface area contributed by atoms with Gasteiger partial charge in [0.2, 0.25) is 0 Å². The second kappa shape index (κ2) is 7.48. The third-order valence-electron chi connectivity index (χ3n) is 5.73. The zero-order chi connectivity index (χ0) is 18.8. The Morgan fingerprint density at radius 3 is 2.48 bits per heavy atom. The Balaban J connectivity index is 1.37. The molecule has 2 aromatic carbocycles. The highest BCUT2D eigenvalue weighted by molar-refractivity contribution is 5.94. The molecule has 0 N–H and O–H groups in total. The fourth-order valence-corrected chi connectivity index (χ4v) is 4.20. The predicted octanol–water partition coefficient (Wildman–Crippen LogP) is 3.26. The van der Waals surface area contributed by atoms with Crippen molar-refractivity contribution >= 4 is 11.6 Å². The number of carbonyl (C=O) groups is 1. The molecule has 6 nitrogen and oxygen atoms in total. The molecule has 140 valence electrons. The molecule has 4 rings (SSSR count). The second-order valence-corrected chi connectivity index (χ2v) is 7.32. The Hall–Kier alpha value is -2.73. The van der Waals surface area contributed by atoms with Crippen LogP contribution in [0.4, 0.5) is 5.69 Å². The molecule has 0 spiro atoms. The molecule has 0 aromatic heterocycles. The summed E-state index contributed by atoms with van der Waals surface area (Å²) in [5.41, 5.74) is 3.23. The van der Waals surface area contributed by atoms with E-state index < -0.39 is 4.92 Å². The van der Waals surface area contributed by atoms with E-state index in [4.69, 9.17) is 0 Å². The number of rotatable bonds is 3. The van der Waals surface area contributed by atoms with Crippen molar-refractivity contribution in [2.45, 2.75) is 31.8 Å². The number of carbonyl (C=O) groups excluding carboxylic acids is 1. The van der Waals surface area contributed by atoms with E-state index in [1.165, 1.54) is 23.3 Å². The summed E-state index contributed by atoms with van der Waals surface area (Å²) in [6.45, 7) is 3.45. The minimum absolute atomic E-state index is 0.0391. The van der Waals surface area contributed by atoms with Gasteiger partial charge in [0, 0.05) is 49.9 Å². The molecule has 0 unspecified atom stereocenters. The molecule has 27 heavy (non-hydrogen) atoms. The van der Waals surface area contributed by atoms with Crippen molar-refractivity contribution < 1.29 is 9.72 Å². The highest BCUT2D eigenvalue weighted by Gasteiger charge is 2.29. The zero-order valence-electron chi connectivity index (χ0n) is 15.2. The molecule has 1 saturated heterocycles. The quantitative estimate of drug-likeness (QED) is 0.619. The first-order valence-corrected chi connectivity index (χ1v) is 9.46. The van der Waals surface area contributed by atoms with Crippen LogP contribution in [0, 0.1) is 10.1 Å². The van der Waals surface area contributed by atoms with Crippen LogP contribution < -0.4 is 0 Å². The lowest BCUT2D eigenvalue weighted by Crippen LogP contribution is -2.48. The van der Waals surface area contributed by atoms with Crippen molar-refractivity contribution in [2.24, 2.45) is 0 Å². The van der Waals surface area contributed by atoms with E-state index >= 15 is 0 Å². The van der Waals surface area contributed by atoms with Crippen LogP contribution in [0.2, 0.25) is 0 Å².